The lowest BCUT2D eigenvalue weighted by atomic mass is 10.1. The molecule has 0 spiro atoms. The molecule has 0 N–H and O–H groups in total. The standard InChI is InChI=1S/C22H44N2O4/c1-4-25-22(26-5-2,27-6-3)17-15-13-11-9-7-8-10-12-14-16-20-28-24-19-18-23-21-24/h21H,4-20H2,1-3H3. The maximum Gasteiger partial charge on any atom is 0.282 e. The third kappa shape index (κ3) is 12.0. The van der Waals surface area contributed by atoms with Crippen LogP contribution in [0.4, 0.5) is 0 Å². The summed E-state index contributed by atoms with van der Waals surface area (Å²) in [6, 6.07) is 0. The summed E-state index contributed by atoms with van der Waals surface area (Å²) >= 11 is 0. The molecule has 0 unspecified atom stereocenters. The highest BCUT2D eigenvalue weighted by Crippen LogP contribution is 2.24. The second kappa shape index (κ2) is 17.2. The largest absolute Gasteiger partial charge is 0.328 e. The molecule has 0 aromatic rings. The van der Waals surface area contributed by atoms with Gasteiger partial charge in [-0.15, -0.1) is 0 Å². The first kappa shape index (κ1) is 25.3. The van der Waals surface area contributed by atoms with Crippen molar-refractivity contribution in [1.29, 1.82) is 0 Å². The van der Waals surface area contributed by atoms with Gasteiger partial charge in [0.05, 0.1) is 19.7 Å². The van der Waals surface area contributed by atoms with Crippen molar-refractivity contribution in [2.75, 3.05) is 39.5 Å². The molecule has 0 bridgehead atoms. The van der Waals surface area contributed by atoms with Gasteiger partial charge in [0.15, 0.2) is 0 Å². The van der Waals surface area contributed by atoms with Crippen LogP contribution in [0.2, 0.25) is 0 Å². The number of hydrogen-bond acceptors (Lipinski definition) is 6. The first-order chi connectivity index (χ1) is 13.8. The van der Waals surface area contributed by atoms with Crippen LogP contribution in [0.25, 0.3) is 0 Å². The molecule has 28 heavy (non-hydrogen) atoms. The van der Waals surface area contributed by atoms with E-state index in [1.165, 1.54) is 51.4 Å². The van der Waals surface area contributed by atoms with Gasteiger partial charge in [0, 0.05) is 26.2 Å². The molecule has 0 saturated carbocycles. The summed E-state index contributed by atoms with van der Waals surface area (Å²) in [5.74, 6) is -0.830. The minimum absolute atomic E-state index is 0.610. The predicted molar refractivity (Wildman–Crippen MR) is 114 cm³/mol. The first-order valence-corrected chi connectivity index (χ1v) is 11.6. The minimum atomic E-state index is -0.830. The topological polar surface area (TPSA) is 52.5 Å². The fourth-order valence-electron chi connectivity index (χ4n) is 3.50. The van der Waals surface area contributed by atoms with Crippen LogP contribution in [0.1, 0.15) is 91.4 Å². The number of rotatable bonds is 20. The van der Waals surface area contributed by atoms with E-state index in [1.807, 2.05) is 25.8 Å². The molecule has 1 rings (SSSR count). The molecule has 0 aromatic carbocycles. The second-order valence-corrected chi connectivity index (χ2v) is 7.26. The molecular weight excluding hydrogens is 356 g/mol. The van der Waals surface area contributed by atoms with Gasteiger partial charge in [-0.3, -0.25) is 9.83 Å². The summed E-state index contributed by atoms with van der Waals surface area (Å²) in [4.78, 5) is 9.75. The monoisotopic (exact) mass is 400 g/mol. The van der Waals surface area contributed by atoms with Gasteiger partial charge in [-0.25, -0.2) is 5.06 Å². The van der Waals surface area contributed by atoms with Crippen LogP contribution in [-0.2, 0) is 19.0 Å². The van der Waals surface area contributed by atoms with Gasteiger partial charge in [0.2, 0.25) is 0 Å². The van der Waals surface area contributed by atoms with Crippen molar-refractivity contribution in [3.8, 4) is 0 Å². The zero-order chi connectivity index (χ0) is 20.3. The van der Waals surface area contributed by atoms with Crippen molar-refractivity contribution in [2.24, 2.45) is 4.99 Å². The molecule has 6 nitrogen and oxygen atoms in total. The highest BCUT2D eigenvalue weighted by Gasteiger charge is 2.31. The average Bonchev–Trinajstić information content (AvgIpc) is 3.19. The van der Waals surface area contributed by atoms with Gasteiger partial charge in [-0.05, 0) is 33.6 Å². The molecule has 0 radical (unpaired) electrons. The Kier molecular flexibility index (Phi) is 15.6. The normalized spacial score (nSPS) is 14.3. The molecule has 1 aliphatic rings. The zero-order valence-corrected chi connectivity index (χ0v) is 18.6. The van der Waals surface area contributed by atoms with Crippen LogP contribution in [0.3, 0.4) is 0 Å². The van der Waals surface area contributed by atoms with E-state index < -0.39 is 5.97 Å². The zero-order valence-electron chi connectivity index (χ0n) is 18.6. The molecule has 166 valence electrons. The van der Waals surface area contributed by atoms with Gasteiger partial charge in [-0.1, -0.05) is 51.4 Å². The van der Waals surface area contributed by atoms with Crippen LogP contribution in [0.15, 0.2) is 4.99 Å². The molecule has 1 aliphatic heterocycles. The fraction of sp³-hybridized carbons (Fsp3) is 0.955. The third-order valence-electron chi connectivity index (χ3n) is 4.89. The van der Waals surface area contributed by atoms with E-state index in [2.05, 4.69) is 4.99 Å². The molecule has 0 aliphatic carbocycles. The van der Waals surface area contributed by atoms with Crippen molar-refractivity contribution < 1.29 is 19.0 Å². The lowest BCUT2D eigenvalue weighted by molar-refractivity contribution is -0.380. The first-order valence-electron chi connectivity index (χ1n) is 11.6. The molecule has 6 heteroatoms. The maximum atomic E-state index is 5.78. The summed E-state index contributed by atoms with van der Waals surface area (Å²) in [5.41, 5.74) is 0. The van der Waals surface area contributed by atoms with E-state index in [0.29, 0.717) is 19.8 Å². The molecule has 0 fully saturated rings. The van der Waals surface area contributed by atoms with Crippen molar-refractivity contribution in [1.82, 2.24) is 5.06 Å². The van der Waals surface area contributed by atoms with E-state index >= 15 is 0 Å². The van der Waals surface area contributed by atoms with E-state index in [0.717, 1.165) is 39.0 Å². The number of unbranched alkanes of at least 4 members (excludes halogenated alkanes) is 9. The number of ether oxygens (including phenoxy) is 3. The quantitative estimate of drug-likeness (QED) is 0.205. The number of nitrogens with zero attached hydrogens (tertiary/aromatic N) is 2. The lowest BCUT2D eigenvalue weighted by Crippen LogP contribution is -2.39. The molecule has 1 heterocycles. The van der Waals surface area contributed by atoms with E-state index in [-0.39, 0.29) is 0 Å². The summed E-state index contributed by atoms with van der Waals surface area (Å²) in [6.45, 7) is 10.4. The predicted octanol–water partition coefficient (Wildman–Crippen LogP) is 5.32. The van der Waals surface area contributed by atoms with Crippen molar-refractivity contribution in [3.05, 3.63) is 0 Å². The Hall–Kier alpha value is -0.690. The molecule has 0 amide bonds. The van der Waals surface area contributed by atoms with Gasteiger partial charge in [0.25, 0.3) is 5.97 Å². The Morgan fingerprint density at radius 3 is 1.71 bits per heavy atom. The lowest BCUT2D eigenvalue weighted by Gasteiger charge is -2.32. The van der Waals surface area contributed by atoms with E-state index in [4.69, 9.17) is 19.0 Å². The average molecular weight is 401 g/mol. The van der Waals surface area contributed by atoms with Crippen molar-refractivity contribution >= 4 is 6.34 Å². The Labute approximate surface area is 172 Å². The molecular formula is C22H44N2O4. The van der Waals surface area contributed by atoms with Crippen molar-refractivity contribution in [2.45, 2.75) is 97.4 Å². The minimum Gasteiger partial charge on any atom is -0.328 e. The van der Waals surface area contributed by atoms with Gasteiger partial charge >= 0.3 is 0 Å². The second-order valence-electron chi connectivity index (χ2n) is 7.26. The summed E-state index contributed by atoms with van der Waals surface area (Å²) in [6.07, 6.45) is 15.3. The smallest absolute Gasteiger partial charge is 0.282 e. The van der Waals surface area contributed by atoms with Crippen LogP contribution in [-0.4, -0.2) is 56.9 Å². The summed E-state index contributed by atoms with van der Waals surface area (Å²) in [5, 5.41) is 1.85. The Balaban J connectivity index is 1.90. The van der Waals surface area contributed by atoms with E-state index in [9.17, 15) is 0 Å². The van der Waals surface area contributed by atoms with Crippen LogP contribution >= 0.6 is 0 Å². The summed E-state index contributed by atoms with van der Waals surface area (Å²) < 4.78 is 17.3. The van der Waals surface area contributed by atoms with Gasteiger partial charge in [-0.2, -0.15) is 0 Å². The number of hydrogen-bond donors (Lipinski definition) is 0. The van der Waals surface area contributed by atoms with Crippen molar-refractivity contribution in [3.63, 3.8) is 0 Å². The number of hydroxylamine groups is 2. The summed E-state index contributed by atoms with van der Waals surface area (Å²) in [7, 11) is 0. The third-order valence-corrected chi connectivity index (χ3v) is 4.89. The Bertz CT molecular complexity index is 363. The fourth-order valence-corrected chi connectivity index (χ4v) is 3.50. The Morgan fingerprint density at radius 2 is 1.25 bits per heavy atom. The van der Waals surface area contributed by atoms with Crippen LogP contribution in [0.5, 0.6) is 0 Å². The Morgan fingerprint density at radius 1 is 0.750 bits per heavy atom. The number of aliphatic imine (C=N–C) groups is 1. The van der Waals surface area contributed by atoms with Crippen LogP contribution in [0, 0.1) is 0 Å². The van der Waals surface area contributed by atoms with Crippen LogP contribution < -0.4 is 0 Å². The van der Waals surface area contributed by atoms with Gasteiger partial charge in [0.1, 0.15) is 6.34 Å². The maximum absolute atomic E-state index is 5.78. The van der Waals surface area contributed by atoms with E-state index in [1.54, 1.807) is 6.34 Å². The van der Waals surface area contributed by atoms with Gasteiger partial charge < -0.3 is 14.2 Å². The highest BCUT2D eigenvalue weighted by atomic mass is 16.9. The molecule has 0 atom stereocenters. The molecule has 0 saturated heterocycles. The molecule has 0 aromatic heterocycles. The highest BCUT2D eigenvalue weighted by molar-refractivity contribution is 5.55. The SMILES string of the molecule is CCOC(CCCCCCCCCCCCON1C=NCC1)(OCC)OCC.